The fraction of sp³-hybridized carbons (Fsp3) is 0.562. The first kappa shape index (κ1) is 14.5. The SMILES string of the molecule is NCc1ccccc1NC(=O)CN1CCOC2CCCC21. The standard InChI is InChI=1S/C16H23N3O2/c17-10-12-4-1-2-5-13(12)18-16(20)11-19-8-9-21-15-7-3-6-14(15)19/h1-2,4-5,14-15H,3,6-11,17H2,(H,18,20). The van der Waals surface area contributed by atoms with Gasteiger partial charge in [0.15, 0.2) is 0 Å². The number of nitrogens with zero attached hydrogens (tertiary/aromatic N) is 1. The van der Waals surface area contributed by atoms with Gasteiger partial charge in [-0.3, -0.25) is 9.69 Å². The van der Waals surface area contributed by atoms with Crippen LogP contribution in [0.15, 0.2) is 24.3 Å². The van der Waals surface area contributed by atoms with E-state index in [1.165, 1.54) is 6.42 Å². The molecule has 5 heteroatoms. The molecule has 21 heavy (non-hydrogen) atoms. The highest BCUT2D eigenvalue weighted by Crippen LogP contribution is 2.29. The van der Waals surface area contributed by atoms with Gasteiger partial charge in [0.05, 0.1) is 19.3 Å². The maximum Gasteiger partial charge on any atom is 0.238 e. The lowest BCUT2D eigenvalue weighted by Gasteiger charge is -2.37. The van der Waals surface area contributed by atoms with E-state index in [-0.39, 0.29) is 5.91 Å². The molecule has 2 atom stereocenters. The topological polar surface area (TPSA) is 67.6 Å². The summed E-state index contributed by atoms with van der Waals surface area (Å²) in [6, 6.07) is 8.10. The second-order valence-corrected chi connectivity index (χ2v) is 5.79. The van der Waals surface area contributed by atoms with Crippen molar-refractivity contribution in [3.8, 4) is 0 Å². The second kappa shape index (κ2) is 6.56. The number of morpholine rings is 1. The third-order valence-electron chi connectivity index (χ3n) is 4.46. The van der Waals surface area contributed by atoms with Crippen molar-refractivity contribution in [1.29, 1.82) is 0 Å². The quantitative estimate of drug-likeness (QED) is 0.877. The van der Waals surface area contributed by atoms with Crippen LogP contribution in [-0.4, -0.2) is 42.6 Å². The summed E-state index contributed by atoms with van der Waals surface area (Å²) in [4.78, 5) is 14.6. The van der Waals surface area contributed by atoms with Gasteiger partial charge in [-0.15, -0.1) is 0 Å². The number of carbonyl (C=O) groups excluding carboxylic acids is 1. The minimum atomic E-state index is 0.0310. The Morgan fingerprint density at radius 2 is 2.24 bits per heavy atom. The van der Waals surface area contributed by atoms with Crippen molar-refractivity contribution in [3.63, 3.8) is 0 Å². The van der Waals surface area contributed by atoms with E-state index < -0.39 is 0 Å². The molecule has 1 aliphatic carbocycles. The van der Waals surface area contributed by atoms with Crippen molar-refractivity contribution in [3.05, 3.63) is 29.8 Å². The first-order valence-electron chi connectivity index (χ1n) is 7.71. The Labute approximate surface area is 125 Å². The van der Waals surface area contributed by atoms with Crippen LogP contribution >= 0.6 is 0 Å². The van der Waals surface area contributed by atoms with E-state index in [0.29, 0.717) is 25.2 Å². The number of carbonyl (C=O) groups is 1. The smallest absolute Gasteiger partial charge is 0.238 e. The van der Waals surface area contributed by atoms with Crippen LogP contribution in [0.1, 0.15) is 24.8 Å². The molecule has 1 saturated heterocycles. The van der Waals surface area contributed by atoms with E-state index in [1.54, 1.807) is 0 Å². The summed E-state index contributed by atoms with van der Waals surface area (Å²) < 4.78 is 5.78. The van der Waals surface area contributed by atoms with Gasteiger partial charge in [0.2, 0.25) is 5.91 Å². The number of hydrogen-bond acceptors (Lipinski definition) is 4. The molecule has 1 saturated carbocycles. The molecule has 5 nitrogen and oxygen atoms in total. The Balaban J connectivity index is 1.61. The molecule has 2 fully saturated rings. The summed E-state index contributed by atoms with van der Waals surface area (Å²) in [6.45, 7) is 2.43. The summed E-state index contributed by atoms with van der Waals surface area (Å²) in [5.41, 5.74) is 7.49. The molecule has 1 aromatic carbocycles. The van der Waals surface area contributed by atoms with Gasteiger partial charge in [0, 0.05) is 24.8 Å². The Bertz CT molecular complexity index is 506. The molecule has 2 unspecified atom stereocenters. The van der Waals surface area contributed by atoms with Crippen LogP contribution in [0.2, 0.25) is 0 Å². The second-order valence-electron chi connectivity index (χ2n) is 5.79. The molecule has 114 valence electrons. The van der Waals surface area contributed by atoms with Crippen LogP contribution in [0.3, 0.4) is 0 Å². The number of fused-ring (bicyclic) bond motifs is 1. The molecule has 1 aromatic rings. The minimum Gasteiger partial charge on any atom is -0.375 e. The molecule has 1 aliphatic heterocycles. The number of nitrogens with two attached hydrogens (primary N) is 1. The normalized spacial score (nSPS) is 25.6. The van der Waals surface area contributed by atoms with Gasteiger partial charge in [0.25, 0.3) is 0 Å². The number of hydrogen-bond donors (Lipinski definition) is 2. The van der Waals surface area contributed by atoms with Crippen LogP contribution in [0.25, 0.3) is 0 Å². The fourth-order valence-electron chi connectivity index (χ4n) is 3.40. The molecular formula is C16H23N3O2. The van der Waals surface area contributed by atoms with Crippen molar-refractivity contribution in [2.24, 2.45) is 5.73 Å². The maximum absolute atomic E-state index is 12.3. The van der Waals surface area contributed by atoms with E-state index in [4.69, 9.17) is 10.5 Å². The number of nitrogens with one attached hydrogen (secondary N) is 1. The van der Waals surface area contributed by atoms with E-state index in [2.05, 4.69) is 10.2 Å². The molecule has 2 aliphatic rings. The number of anilines is 1. The van der Waals surface area contributed by atoms with Gasteiger partial charge in [0.1, 0.15) is 0 Å². The predicted molar refractivity (Wildman–Crippen MR) is 81.9 cm³/mol. The maximum atomic E-state index is 12.3. The average Bonchev–Trinajstić information content (AvgIpc) is 2.97. The largest absolute Gasteiger partial charge is 0.375 e. The monoisotopic (exact) mass is 289 g/mol. The van der Waals surface area contributed by atoms with Crippen LogP contribution in [0.5, 0.6) is 0 Å². The van der Waals surface area contributed by atoms with Crippen LogP contribution in [0.4, 0.5) is 5.69 Å². The predicted octanol–water partition coefficient (Wildman–Crippen LogP) is 1.34. The summed E-state index contributed by atoms with van der Waals surface area (Å²) in [5, 5.41) is 2.99. The first-order chi connectivity index (χ1) is 10.3. The number of ether oxygens (including phenoxy) is 1. The lowest BCUT2D eigenvalue weighted by molar-refractivity contribution is -0.121. The van der Waals surface area contributed by atoms with Crippen molar-refractivity contribution in [2.45, 2.75) is 38.0 Å². The van der Waals surface area contributed by atoms with E-state index in [1.807, 2.05) is 24.3 Å². The van der Waals surface area contributed by atoms with Gasteiger partial charge in [-0.05, 0) is 30.9 Å². The molecular weight excluding hydrogens is 266 g/mol. The zero-order valence-corrected chi connectivity index (χ0v) is 12.3. The van der Waals surface area contributed by atoms with Crippen LogP contribution in [-0.2, 0) is 16.1 Å². The van der Waals surface area contributed by atoms with Gasteiger partial charge in [-0.25, -0.2) is 0 Å². The summed E-state index contributed by atoms with van der Waals surface area (Å²) >= 11 is 0. The highest BCUT2D eigenvalue weighted by Gasteiger charge is 2.36. The zero-order valence-electron chi connectivity index (χ0n) is 12.3. The van der Waals surface area contributed by atoms with Crippen molar-refractivity contribution in [1.82, 2.24) is 4.90 Å². The number of amides is 1. The first-order valence-corrected chi connectivity index (χ1v) is 7.71. The average molecular weight is 289 g/mol. The molecule has 3 N–H and O–H groups in total. The summed E-state index contributed by atoms with van der Waals surface area (Å²) in [5.74, 6) is 0.0310. The summed E-state index contributed by atoms with van der Waals surface area (Å²) in [6.07, 6.45) is 3.78. The summed E-state index contributed by atoms with van der Waals surface area (Å²) in [7, 11) is 0. The Morgan fingerprint density at radius 3 is 3.10 bits per heavy atom. The van der Waals surface area contributed by atoms with E-state index in [9.17, 15) is 4.79 Å². The number of benzene rings is 1. The molecule has 0 spiro atoms. The number of rotatable bonds is 4. The van der Waals surface area contributed by atoms with E-state index >= 15 is 0 Å². The molecule has 1 amide bonds. The molecule has 1 heterocycles. The third-order valence-corrected chi connectivity index (χ3v) is 4.46. The lowest BCUT2D eigenvalue weighted by Crippen LogP contribution is -2.51. The Morgan fingerprint density at radius 1 is 1.38 bits per heavy atom. The van der Waals surface area contributed by atoms with Crippen LogP contribution < -0.4 is 11.1 Å². The van der Waals surface area contributed by atoms with Gasteiger partial charge >= 0.3 is 0 Å². The minimum absolute atomic E-state index is 0.0310. The van der Waals surface area contributed by atoms with Gasteiger partial charge in [-0.1, -0.05) is 18.2 Å². The lowest BCUT2D eigenvalue weighted by atomic mass is 10.1. The van der Waals surface area contributed by atoms with E-state index in [0.717, 1.165) is 37.2 Å². The van der Waals surface area contributed by atoms with Crippen molar-refractivity contribution >= 4 is 11.6 Å². The van der Waals surface area contributed by atoms with Gasteiger partial charge < -0.3 is 15.8 Å². The van der Waals surface area contributed by atoms with Crippen LogP contribution in [0, 0.1) is 0 Å². The highest BCUT2D eigenvalue weighted by atomic mass is 16.5. The molecule has 0 radical (unpaired) electrons. The third kappa shape index (κ3) is 3.26. The number of para-hydroxylation sites is 1. The van der Waals surface area contributed by atoms with Gasteiger partial charge in [-0.2, -0.15) is 0 Å². The van der Waals surface area contributed by atoms with Crippen molar-refractivity contribution in [2.75, 3.05) is 25.0 Å². The fourth-order valence-corrected chi connectivity index (χ4v) is 3.40. The van der Waals surface area contributed by atoms with Crippen molar-refractivity contribution < 1.29 is 9.53 Å². The Hall–Kier alpha value is -1.43. The Kier molecular flexibility index (Phi) is 4.53. The molecule has 0 aromatic heterocycles. The highest BCUT2D eigenvalue weighted by molar-refractivity contribution is 5.93. The zero-order chi connectivity index (χ0) is 14.7. The molecule has 3 rings (SSSR count). The molecule has 0 bridgehead atoms.